The average Bonchev–Trinajstić information content (AvgIpc) is 2.82. The van der Waals surface area contributed by atoms with E-state index in [2.05, 4.69) is 63.9 Å². The van der Waals surface area contributed by atoms with Crippen LogP contribution in [-0.2, 0) is 11.2 Å². The summed E-state index contributed by atoms with van der Waals surface area (Å²) < 4.78 is 8.05. The Morgan fingerprint density at radius 1 is 1.29 bits per heavy atom. The number of aromatic nitrogens is 3. The molecule has 1 rings (SSSR count). The second-order valence-corrected chi connectivity index (χ2v) is 6.82. The molecule has 0 aliphatic carbocycles. The van der Waals surface area contributed by atoms with E-state index in [9.17, 15) is 0 Å². The Kier molecular flexibility index (Phi) is 6.81. The zero-order chi connectivity index (χ0) is 16.0. The van der Waals surface area contributed by atoms with Gasteiger partial charge in [-0.25, -0.2) is 9.67 Å². The van der Waals surface area contributed by atoms with Crippen molar-refractivity contribution in [2.24, 2.45) is 5.41 Å². The molecule has 0 bridgehead atoms. The van der Waals surface area contributed by atoms with Gasteiger partial charge in [-0.1, -0.05) is 27.7 Å². The van der Waals surface area contributed by atoms with Crippen molar-refractivity contribution in [2.75, 3.05) is 13.2 Å². The summed E-state index contributed by atoms with van der Waals surface area (Å²) in [5.41, 5.74) is 0.0749. The van der Waals surface area contributed by atoms with Gasteiger partial charge < -0.3 is 10.1 Å². The standard InChI is InChI=1S/C16H32N4O/c1-8-17-13(15(21-9-2)16(5,6)7)10-14-18-11-19-20(14)12(3)4/h11-13,15,17H,8-10H2,1-7H3. The fraction of sp³-hybridized carbons (Fsp3) is 0.875. The van der Waals surface area contributed by atoms with Crippen molar-refractivity contribution < 1.29 is 4.74 Å². The molecule has 0 aliphatic rings. The first-order valence-corrected chi connectivity index (χ1v) is 8.04. The molecule has 2 unspecified atom stereocenters. The van der Waals surface area contributed by atoms with E-state index < -0.39 is 0 Å². The second-order valence-electron chi connectivity index (χ2n) is 6.82. The molecule has 2 atom stereocenters. The first kappa shape index (κ1) is 18.1. The van der Waals surface area contributed by atoms with Gasteiger partial charge in [0.15, 0.2) is 0 Å². The number of nitrogens with zero attached hydrogens (tertiary/aromatic N) is 3. The molecular formula is C16H32N4O. The van der Waals surface area contributed by atoms with Crippen molar-refractivity contribution in [1.29, 1.82) is 0 Å². The number of hydrogen-bond donors (Lipinski definition) is 1. The Labute approximate surface area is 129 Å². The van der Waals surface area contributed by atoms with E-state index >= 15 is 0 Å². The highest BCUT2D eigenvalue weighted by molar-refractivity contribution is 4.96. The molecule has 0 spiro atoms. The molecule has 1 N–H and O–H groups in total. The number of rotatable bonds is 8. The Hall–Kier alpha value is -0.940. The van der Waals surface area contributed by atoms with Crippen LogP contribution in [0.2, 0.25) is 0 Å². The van der Waals surface area contributed by atoms with Gasteiger partial charge in [-0.2, -0.15) is 5.10 Å². The van der Waals surface area contributed by atoms with Crippen molar-refractivity contribution in [2.45, 2.75) is 73.1 Å². The summed E-state index contributed by atoms with van der Waals surface area (Å²) in [5.74, 6) is 1.02. The Morgan fingerprint density at radius 3 is 2.43 bits per heavy atom. The molecule has 0 radical (unpaired) electrons. The van der Waals surface area contributed by atoms with Gasteiger partial charge in [-0.05, 0) is 32.7 Å². The third-order valence-electron chi connectivity index (χ3n) is 3.57. The maximum absolute atomic E-state index is 6.05. The van der Waals surface area contributed by atoms with Gasteiger partial charge in [0.05, 0.1) is 6.10 Å². The minimum atomic E-state index is 0.0749. The molecule has 1 aromatic rings. The van der Waals surface area contributed by atoms with E-state index in [1.54, 1.807) is 6.33 Å². The quantitative estimate of drug-likeness (QED) is 0.801. The monoisotopic (exact) mass is 296 g/mol. The Bertz CT molecular complexity index is 409. The molecule has 122 valence electrons. The third-order valence-corrected chi connectivity index (χ3v) is 3.57. The minimum Gasteiger partial charge on any atom is -0.376 e. The lowest BCUT2D eigenvalue weighted by Crippen LogP contribution is -2.49. The molecule has 0 fully saturated rings. The van der Waals surface area contributed by atoms with Crippen molar-refractivity contribution in [1.82, 2.24) is 20.1 Å². The Balaban J connectivity index is 2.96. The average molecular weight is 296 g/mol. The van der Waals surface area contributed by atoms with Crippen molar-refractivity contribution in [3.05, 3.63) is 12.2 Å². The summed E-state index contributed by atoms with van der Waals surface area (Å²) in [6, 6.07) is 0.557. The van der Waals surface area contributed by atoms with Crippen LogP contribution in [0.5, 0.6) is 0 Å². The predicted octanol–water partition coefficient (Wildman–Crippen LogP) is 2.83. The summed E-state index contributed by atoms with van der Waals surface area (Å²) in [7, 11) is 0. The topological polar surface area (TPSA) is 52.0 Å². The van der Waals surface area contributed by atoms with Gasteiger partial charge in [0, 0.05) is 25.1 Å². The number of ether oxygens (including phenoxy) is 1. The van der Waals surface area contributed by atoms with E-state index in [1.807, 2.05) is 4.68 Å². The van der Waals surface area contributed by atoms with Gasteiger partial charge in [0.25, 0.3) is 0 Å². The van der Waals surface area contributed by atoms with E-state index in [0.29, 0.717) is 6.04 Å². The van der Waals surface area contributed by atoms with Crippen LogP contribution < -0.4 is 5.32 Å². The summed E-state index contributed by atoms with van der Waals surface area (Å²) in [5, 5.41) is 7.91. The zero-order valence-corrected chi connectivity index (χ0v) is 14.7. The predicted molar refractivity (Wildman–Crippen MR) is 86.4 cm³/mol. The van der Waals surface area contributed by atoms with Crippen LogP contribution in [0.4, 0.5) is 0 Å². The molecule has 21 heavy (non-hydrogen) atoms. The molecule has 0 saturated heterocycles. The molecule has 5 nitrogen and oxygen atoms in total. The lowest BCUT2D eigenvalue weighted by Gasteiger charge is -2.37. The lowest BCUT2D eigenvalue weighted by atomic mass is 9.83. The summed E-state index contributed by atoms with van der Waals surface area (Å²) >= 11 is 0. The zero-order valence-electron chi connectivity index (χ0n) is 14.7. The van der Waals surface area contributed by atoms with Crippen LogP contribution >= 0.6 is 0 Å². The van der Waals surface area contributed by atoms with Gasteiger partial charge in [-0.15, -0.1) is 0 Å². The highest BCUT2D eigenvalue weighted by Crippen LogP contribution is 2.26. The number of likely N-dealkylation sites (N-methyl/N-ethyl adjacent to an activating group) is 1. The lowest BCUT2D eigenvalue weighted by molar-refractivity contribution is -0.0358. The molecular weight excluding hydrogens is 264 g/mol. The SMILES string of the molecule is CCNC(Cc1ncnn1C(C)C)C(OCC)C(C)(C)C. The summed E-state index contributed by atoms with van der Waals surface area (Å²) in [6.07, 6.45) is 2.61. The van der Waals surface area contributed by atoms with Gasteiger partial charge >= 0.3 is 0 Å². The van der Waals surface area contributed by atoms with Crippen LogP contribution in [0.1, 0.15) is 60.3 Å². The van der Waals surface area contributed by atoms with Crippen molar-refractivity contribution >= 4 is 0 Å². The summed E-state index contributed by atoms with van der Waals surface area (Å²) in [6.45, 7) is 16.8. The van der Waals surface area contributed by atoms with Crippen LogP contribution in [0.3, 0.4) is 0 Å². The summed E-state index contributed by atoms with van der Waals surface area (Å²) in [4.78, 5) is 4.44. The molecule has 1 heterocycles. The van der Waals surface area contributed by atoms with E-state index in [4.69, 9.17) is 4.74 Å². The van der Waals surface area contributed by atoms with Crippen molar-refractivity contribution in [3.63, 3.8) is 0 Å². The van der Waals surface area contributed by atoms with E-state index in [0.717, 1.165) is 25.4 Å². The van der Waals surface area contributed by atoms with Gasteiger partial charge in [0.1, 0.15) is 12.2 Å². The van der Waals surface area contributed by atoms with E-state index in [-0.39, 0.29) is 17.6 Å². The van der Waals surface area contributed by atoms with Crippen LogP contribution in [-0.4, -0.2) is 40.1 Å². The van der Waals surface area contributed by atoms with Crippen LogP contribution in [0.25, 0.3) is 0 Å². The van der Waals surface area contributed by atoms with Crippen molar-refractivity contribution in [3.8, 4) is 0 Å². The highest BCUT2D eigenvalue weighted by Gasteiger charge is 2.33. The maximum atomic E-state index is 6.05. The Morgan fingerprint density at radius 2 is 1.95 bits per heavy atom. The molecule has 5 heteroatoms. The number of nitrogens with one attached hydrogen (secondary N) is 1. The van der Waals surface area contributed by atoms with Gasteiger partial charge in [-0.3, -0.25) is 0 Å². The molecule has 1 aromatic heterocycles. The molecule has 0 aromatic carbocycles. The smallest absolute Gasteiger partial charge is 0.138 e. The minimum absolute atomic E-state index is 0.0749. The second kappa shape index (κ2) is 7.90. The normalized spacial score (nSPS) is 15.4. The first-order chi connectivity index (χ1) is 9.81. The molecule has 0 saturated carbocycles. The van der Waals surface area contributed by atoms with Crippen LogP contribution in [0.15, 0.2) is 6.33 Å². The molecule has 0 aliphatic heterocycles. The fourth-order valence-electron chi connectivity index (χ4n) is 2.75. The number of hydrogen-bond acceptors (Lipinski definition) is 4. The first-order valence-electron chi connectivity index (χ1n) is 8.04. The van der Waals surface area contributed by atoms with Crippen LogP contribution in [0, 0.1) is 5.41 Å². The maximum Gasteiger partial charge on any atom is 0.138 e. The highest BCUT2D eigenvalue weighted by atomic mass is 16.5. The third kappa shape index (κ3) is 5.08. The molecule has 0 amide bonds. The largest absolute Gasteiger partial charge is 0.376 e. The van der Waals surface area contributed by atoms with E-state index in [1.165, 1.54) is 0 Å². The fourth-order valence-corrected chi connectivity index (χ4v) is 2.75. The van der Waals surface area contributed by atoms with Gasteiger partial charge in [0.2, 0.25) is 0 Å².